The fourth-order valence-corrected chi connectivity index (χ4v) is 1.28. The van der Waals surface area contributed by atoms with Crippen LogP contribution < -0.4 is 14.8 Å². The van der Waals surface area contributed by atoms with E-state index >= 15 is 0 Å². The van der Waals surface area contributed by atoms with Crippen LogP contribution in [0.15, 0.2) is 6.07 Å². The molecule has 7 nitrogen and oxygen atoms in total. The van der Waals surface area contributed by atoms with Crippen molar-refractivity contribution in [2.75, 3.05) is 59.9 Å². The lowest BCUT2D eigenvalue weighted by molar-refractivity contribution is 0.126. The summed E-state index contributed by atoms with van der Waals surface area (Å²) in [5.41, 5.74) is 0. The number of hydrogen-bond acceptors (Lipinski definition) is 7. The minimum Gasteiger partial charge on any atom is -0.481 e. The molecule has 7 heteroatoms. The van der Waals surface area contributed by atoms with Gasteiger partial charge < -0.3 is 24.4 Å². The quantitative estimate of drug-likeness (QED) is 0.655. The molecule has 0 amide bonds. The van der Waals surface area contributed by atoms with Crippen molar-refractivity contribution in [2.45, 2.75) is 0 Å². The van der Waals surface area contributed by atoms with E-state index in [1.165, 1.54) is 0 Å². The molecule has 1 N–H and O–H groups in total. The minimum absolute atomic E-state index is 0.461. The van der Waals surface area contributed by atoms with Gasteiger partial charge in [-0.05, 0) is 14.1 Å². The Kier molecular flexibility index (Phi) is 6.91. The highest BCUT2D eigenvalue weighted by Gasteiger charge is 2.04. The number of rotatable bonds is 9. The predicted molar refractivity (Wildman–Crippen MR) is 73.0 cm³/mol. The van der Waals surface area contributed by atoms with E-state index < -0.39 is 0 Å². The molecule has 0 unspecified atom stereocenters. The maximum Gasteiger partial charge on any atom is 0.229 e. The van der Waals surface area contributed by atoms with E-state index in [4.69, 9.17) is 14.2 Å². The monoisotopic (exact) mass is 270 g/mol. The van der Waals surface area contributed by atoms with E-state index in [0.29, 0.717) is 37.5 Å². The van der Waals surface area contributed by atoms with Crippen LogP contribution in [0.1, 0.15) is 0 Å². The van der Waals surface area contributed by atoms with E-state index in [-0.39, 0.29) is 0 Å². The predicted octanol–water partition coefficient (Wildman–Crippen LogP) is 0.484. The summed E-state index contributed by atoms with van der Waals surface area (Å²) in [6.45, 7) is 2.83. The standard InChI is InChI=1S/C12H22N4O3/c1-16(2)6-8-19-7-5-13-12-14-10(17-3)9-11(15-12)18-4/h9H,5-8H2,1-4H3,(H,13,14,15). The van der Waals surface area contributed by atoms with Crippen LogP contribution in [0.5, 0.6) is 11.8 Å². The molecule has 0 fully saturated rings. The normalized spacial score (nSPS) is 10.6. The second kappa shape index (κ2) is 8.49. The molecule has 0 saturated carbocycles. The molecule has 19 heavy (non-hydrogen) atoms. The van der Waals surface area contributed by atoms with E-state index in [1.54, 1.807) is 20.3 Å². The Morgan fingerprint density at radius 3 is 2.26 bits per heavy atom. The highest BCUT2D eigenvalue weighted by atomic mass is 16.5. The molecular weight excluding hydrogens is 248 g/mol. The van der Waals surface area contributed by atoms with Crippen molar-refractivity contribution in [2.24, 2.45) is 0 Å². The molecule has 0 aliphatic rings. The molecule has 0 aliphatic heterocycles. The Hall–Kier alpha value is -1.60. The third kappa shape index (κ3) is 6.21. The first kappa shape index (κ1) is 15.5. The van der Waals surface area contributed by atoms with Gasteiger partial charge in [0.2, 0.25) is 17.7 Å². The zero-order chi connectivity index (χ0) is 14.1. The van der Waals surface area contributed by atoms with E-state index in [0.717, 1.165) is 6.54 Å². The molecule has 0 aliphatic carbocycles. The molecule has 0 bridgehead atoms. The van der Waals surface area contributed by atoms with Gasteiger partial charge in [-0.25, -0.2) is 0 Å². The summed E-state index contributed by atoms with van der Waals surface area (Å²) in [5.74, 6) is 1.39. The fourth-order valence-electron chi connectivity index (χ4n) is 1.28. The van der Waals surface area contributed by atoms with Gasteiger partial charge in [0.15, 0.2) is 0 Å². The van der Waals surface area contributed by atoms with Gasteiger partial charge in [-0.3, -0.25) is 0 Å². The molecule has 1 aromatic rings. The van der Waals surface area contributed by atoms with Gasteiger partial charge in [0.25, 0.3) is 0 Å². The van der Waals surface area contributed by atoms with Crippen molar-refractivity contribution >= 4 is 5.95 Å². The van der Waals surface area contributed by atoms with Crippen LogP contribution in [0, 0.1) is 0 Å². The molecule has 108 valence electrons. The van der Waals surface area contributed by atoms with Gasteiger partial charge in [0, 0.05) is 13.1 Å². The Bertz CT molecular complexity index is 352. The first-order valence-corrected chi connectivity index (χ1v) is 6.09. The fraction of sp³-hybridized carbons (Fsp3) is 0.667. The molecular formula is C12H22N4O3. The average molecular weight is 270 g/mol. The number of methoxy groups -OCH3 is 2. The molecule has 1 aromatic heterocycles. The van der Waals surface area contributed by atoms with Crippen LogP contribution in [0.4, 0.5) is 5.95 Å². The van der Waals surface area contributed by atoms with Gasteiger partial charge in [0.05, 0.1) is 33.5 Å². The Balaban J connectivity index is 2.32. The number of ether oxygens (including phenoxy) is 3. The smallest absolute Gasteiger partial charge is 0.229 e. The van der Waals surface area contributed by atoms with Crippen molar-refractivity contribution in [1.29, 1.82) is 0 Å². The van der Waals surface area contributed by atoms with Gasteiger partial charge in [-0.15, -0.1) is 0 Å². The maximum atomic E-state index is 5.46. The number of nitrogens with zero attached hydrogens (tertiary/aromatic N) is 3. The summed E-state index contributed by atoms with van der Waals surface area (Å²) in [5, 5.41) is 3.06. The summed E-state index contributed by atoms with van der Waals surface area (Å²) in [7, 11) is 7.13. The van der Waals surface area contributed by atoms with Crippen LogP contribution >= 0.6 is 0 Å². The van der Waals surface area contributed by atoms with Crippen LogP contribution in [0.25, 0.3) is 0 Å². The first-order chi connectivity index (χ1) is 9.15. The molecule has 0 spiro atoms. The lowest BCUT2D eigenvalue weighted by Gasteiger charge is -2.11. The van der Waals surface area contributed by atoms with Crippen LogP contribution in [-0.2, 0) is 4.74 Å². The number of anilines is 1. The lowest BCUT2D eigenvalue weighted by Crippen LogP contribution is -2.20. The summed E-state index contributed by atoms with van der Waals surface area (Å²) in [6.07, 6.45) is 0. The first-order valence-electron chi connectivity index (χ1n) is 6.09. The molecule has 0 saturated heterocycles. The highest BCUT2D eigenvalue weighted by molar-refractivity contribution is 5.33. The topological polar surface area (TPSA) is 68.7 Å². The van der Waals surface area contributed by atoms with Gasteiger partial charge in [0.1, 0.15) is 0 Å². The number of nitrogens with one attached hydrogen (secondary N) is 1. The summed E-state index contributed by atoms with van der Waals surface area (Å²) >= 11 is 0. The zero-order valence-corrected chi connectivity index (χ0v) is 12.0. The van der Waals surface area contributed by atoms with Crippen LogP contribution in [-0.4, -0.2) is 69.5 Å². The maximum absolute atomic E-state index is 5.46. The van der Waals surface area contributed by atoms with Crippen molar-refractivity contribution in [3.8, 4) is 11.8 Å². The van der Waals surface area contributed by atoms with E-state index in [2.05, 4.69) is 20.2 Å². The molecule has 1 heterocycles. The Morgan fingerprint density at radius 2 is 1.74 bits per heavy atom. The summed E-state index contributed by atoms with van der Waals surface area (Å²) < 4.78 is 15.6. The minimum atomic E-state index is 0.461. The molecule has 1 rings (SSSR count). The summed E-state index contributed by atoms with van der Waals surface area (Å²) in [6, 6.07) is 1.62. The number of hydrogen-bond donors (Lipinski definition) is 1. The van der Waals surface area contributed by atoms with Gasteiger partial charge in [-0.2, -0.15) is 9.97 Å². The second-order valence-electron chi connectivity index (χ2n) is 4.12. The Labute approximate surface area is 113 Å². The Morgan fingerprint density at radius 1 is 1.11 bits per heavy atom. The third-order valence-electron chi connectivity index (χ3n) is 2.31. The van der Waals surface area contributed by atoms with Gasteiger partial charge in [-0.1, -0.05) is 0 Å². The van der Waals surface area contributed by atoms with Crippen molar-refractivity contribution in [1.82, 2.24) is 14.9 Å². The zero-order valence-electron chi connectivity index (χ0n) is 12.0. The average Bonchev–Trinajstić information content (AvgIpc) is 2.41. The van der Waals surface area contributed by atoms with Crippen molar-refractivity contribution < 1.29 is 14.2 Å². The van der Waals surface area contributed by atoms with E-state index in [9.17, 15) is 0 Å². The van der Waals surface area contributed by atoms with Crippen molar-refractivity contribution in [3.63, 3.8) is 0 Å². The third-order valence-corrected chi connectivity index (χ3v) is 2.31. The molecule has 0 radical (unpaired) electrons. The molecule has 0 atom stereocenters. The van der Waals surface area contributed by atoms with Crippen LogP contribution in [0.3, 0.4) is 0 Å². The molecule has 0 aromatic carbocycles. The highest BCUT2D eigenvalue weighted by Crippen LogP contribution is 2.16. The number of likely N-dealkylation sites (N-methyl/N-ethyl adjacent to an activating group) is 1. The summed E-state index contributed by atoms with van der Waals surface area (Å²) in [4.78, 5) is 10.4. The second-order valence-corrected chi connectivity index (χ2v) is 4.12. The lowest BCUT2D eigenvalue weighted by atomic mass is 10.6. The van der Waals surface area contributed by atoms with Gasteiger partial charge >= 0.3 is 0 Å². The van der Waals surface area contributed by atoms with Crippen LogP contribution in [0.2, 0.25) is 0 Å². The SMILES string of the molecule is COc1cc(OC)nc(NCCOCCN(C)C)n1. The number of aromatic nitrogens is 2. The largest absolute Gasteiger partial charge is 0.481 e. The van der Waals surface area contributed by atoms with Crippen molar-refractivity contribution in [3.05, 3.63) is 6.07 Å². The van der Waals surface area contributed by atoms with E-state index in [1.807, 2.05) is 14.1 Å².